The number of nitrogens with one attached hydrogen (secondary N) is 1. The smallest absolute Gasteiger partial charge is 0.252 e. The molecule has 0 bridgehead atoms. The molecule has 0 aromatic heterocycles. The SMILES string of the molecule is C=C(Br)CNC(=O)c1c(C)cc(C)cc1C. The number of hydrogen-bond acceptors (Lipinski definition) is 1. The summed E-state index contributed by atoms with van der Waals surface area (Å²) in [6.45, 7) is 10.1. The Kier molecular flexibility index (Phi) is 4.30. The summed E-state index contributed by atoms with van der Waals surface area (Å²) in [7, 11) is 0. The van der Waals surface area contributed by atoms with Crippen molar-refractivity contribution in [1.29, 1.82) is 0 Å². The molecule has 0 atom stereocenters. The van der Waals surface area contributed by atoms with E-state index < -0.39 is 0 Å². The van der Waals surface area contributed by atoms with Gasteiger partial charge in [-0.05, 0) is 31.9 Å². The summed E-state index contributed by atoms with van der Waals surface area (Å²) in [5, 5.41) is 2.81. The second-order valence-electron chi connectivity index (χ2n) is 3.97. The van der Waals surface area contributed by atoms with E-state index in [0.29, 0.717) is 6.54 Å². The molecule has 86 valence electrons. The monoisotopic (exact) mass is 281 g/mol. The lowest BCUT2D eigenvalue weighted by Crippen LogP contribution is -2.26. The lowest BCUT2D eigenvalue weighted by molar-refractivity contribution is 0.0956. The summed E-state index contributed by atoms with van der Waals surface area (Å²) in [4.78, 5) is 11.9. The molecule has 0 aliphatic carbocycles. The molecule has 0 heterocycles. The Morgan fingerprint density at radius 3 is 2.25 bits per heavy atom. The van der Waals surface area contributed by atoms with Gasteiger partial charge in [0.2, 0.25) is 0 Å². The van der Waals surface area contributed by atoms with Crippen molar-refractivity contribution in [3.8, 4) is 0 Å². The molecule has 0 spiro atoms. The molecule has 1 aromatic carbocycles. The van der Waals surface area contributed by atoms with Crippen molar-refractivity contribution in [3.63, 3.8) is 0 Å². The maximum atomic E-state index is 11.9. The fourth-order valence-electron chi connectivity index (χ4n) is 1.80. The van der Waals surface area contributed by atoms with Crippen molar-refractivity contribution in [2.75, 3.05) is 6.54 Å². The molecule has 0 saturated carbocycles. The number of rotatable bonds is 3. The van der Waals surface area contributed by atoms with Gasteiger partial charge in [0.1, 0.15) is 0 Å². The van der Waals surface area contributed by atoms with E-state index >= 15 is 0 Å². The second-order valence-corrected chi connectivity index (χ2v) is 5.10. The van der Waals surface area contributed by atoms with E-state index in [0.717, 1.165) is 21.2 Å². The Morgan fingerprint density at radius 1 is 1.31 bits per heavy atom. The predicted octanol–water partition coefficient (Wildman–Crippen LogP) is 3.25. The van der Waals surface area contributed by atoms with Gasteiger partial charge in [-0.2, -0.15) is 0 Å². The van der Waals surface area contributed by atoms with Crippen LogP contribution in [-0.2, 0) is 0 Å². The topological polar surface area (TPSA) is 29.1 Å². The molecule has 1 aromatic rings. The third-order valence-electron chi connectivity index (χ3n) is 2.34. The zero-order valence-corrected chi connectivity index (χ0v) is 11.4. The van der Waals surface area contributed by atoms with Crippen LogP contribution >= 0.6 is 15.9 Å². The molecule has 0 aliphatic rings. The molecule has 1 amide bonds. The van der Waals surface area contributed by atoms with E-state index in [2.05, 4.69) is 27.8 Å². The zero-order chi connectivity index (χ0) is 12.3. The highest BCUT2D eigenvalue weighted by Gasteiger charge is 2.12. The van der Waals surface area contributed by atoms with E-state index in [1.54, 1.807) is 0 Å². The summed E-state index contributed by atoms with van der Waals surface area (Å²) in [5.41, 5.74) is 3.96. The first-order valence-electron chi connectivity index (χ1n) is 5.11. The number of carbonyl (C=O) groups excluding carboxylic acids is 1. The van der Waals surface area contributed by atoms with Crippen LogP contribution in [-0.4, -0.2) is 12.5 Å². The van der Waals surface area contributed by atoms with Gasteiger partial charge < -0.3 is 5.32 Å². The third kappa shape index (κ3) is 3.20. The fraction of sp³-hybridized carbons (Fsp3) is 0.308. The summed E-state index contributed by atoms with van der Waals surface area (Å²) >= 11 is 3.21. The molecule has 0 unspecified atom stereocenters. The molecule has 2 nitrogen and oxygen atoms in total. The standard InChI is InChI=1S/C13H16BrNO/c1-8-5-9(2)12(10(3)6-8)13(16)15-7-11(4)14/h5-6H,4,7H2,1-3H3,(H,15,16). The highest BCUT2D eigenvalue weighted by atomic mass is 79.9. The van der Waals surface area contributed by atoms with Crippen LogP contribution in [0.4, 0.5) is 0 Å². The quantitative estimate of drug-likeness (QED) is 0.906. The Labute approximate surface area is 105 Å². The largest absolute Gasteiger partial charge is 0.347 e. The van der Waals surface area contributed by atoms with E-state index in [4.69, 9.17) is 0 Å². The van der Waals surface area contributed by atoms with Gasteiger partial charge in [0, 0.05) is 16.6 Å². The van der Waals surface area contributed by atoms with E-state index in [1.165, 1.54) is 5.56 Å². The van der Waals surface area contributed by atoms with Crippen LogP contribution in [0.3, 0.4) is 0 Å². The molecule has 0 fully saturated rings. The van der Waals surface area contributed by atoms with E-state index in [9.17, 15) is 4.79 Å². The first-order valence-corrected chi connectivity index (χ1v) is 5.90. The molecular formula is C13H16BrNO. The van der Waals surface area contributed by atoms with Crippen LogP contribution in [0.1, 0.15) is 27.0 Å². The van der Waals surface area contributed by atoms with Crippen LogP contribution in [0, 0.1) is 20.8 Å². The average molecular weight is 282 g/mol. The normalized spacial score (nSPS) is 10.0. The summed E-state index contributed by atoms with van der Waals surface area (Å²) in [6.07, 6.45) is 0. The van der Waals surface area contributed by atoms with Crippen LogP contribution in [0.5, 0.6) is 0 Å². The van der Waals surface area contributed by atoms with E-state index in [-0.39, 0.29) is 5.91 Å². The minimum atomic E-state index is -0.0457. The van der Waals surface area contributed by atoms with Crippen LogP contribution in [0.25, 0.3) is 0 Å². The number of aryl methyl sites for hydroxylation is 3. The lowest BCUT2D eigenvalue weighted by atomic mass is 9.99. The molecule has 0 aliphatic heterocycles. The van der Waals surface area contributed by atoms with Crippen LogP contribution in [0.15, 0.2) is 23.2 Å². The van der Waals surface area contributed by atoms with Crippen molar-refractivity contribution in [2.45, 2.75) is 20.8 Å². The molecule has 1 rings (SSSR count). The maximum Gasteiger partial charge on any atom is 0.252 e. The Morgan fingerprint density at radius 2 is 1.81 bits per heavy atom. The molecular weight excluding hydrogens is 266 g/mol. The number of halogens is 1. The number of benzene rings is 1. The number of carbonyl (C=O) groups is 1. The first-order chi connectivity index (χ1) is 7.41. The summed E-state index contributed by atoms with van der Waals surface area (Å²) in [5.74, 6) is -0.0457. The zero-order valence-electron chi connectivity index (χ0n) is 9.86. The molecule has 3 heteroatoms. The highest BCUT2D eigenvalue weighted by molar-refractivity contribution is 9.11. The average Bonchev–Trinajstić information content (AvgIpc) is 2.12. The van der Waals surface area contributed by atoms with Gasteiger partial charge in [-0.25, -0.2) is 0 Å². The van der Waals surface area contributed by atoms with Gasteiger partial charge in [-0.1, -0.05) is 40.2 Å². The van der Waals surface area contributed by atoms with Gasteiger partial charge in [-0.3, -0.25) is 4.79 Å². The number of amides is 1. The van der Waals surface area contributed by atoms with E-state index in [1.807, 2.05) is 32.9 Å². The van der Waals surface area contributed by atoms with Crippen molar-refractivity contribution in [3.05, 3.63) is 45.4 Å². The minimum Gasteiger partial charge on any atom is -0.347 e. The van der Waals surface area contributed by atoms with Gasteiger partial charge in [0.25, 0.3) is 5.91 Å². The van der Waals surface area contributed by atoms with Gasteiger partial charge >= 0.3 is 0 Å². The third-order valence-corrected chi connectivity index (χ3v) is 2.63. The molecule has 16 heavy (non-hydrogen) atoms. The first kappa shape index (κ1) is 13.0. The van der Waals surface area contributed by atoms with Crippen molar-refractivity contribution in [1.82, 2.24) is 5.32 Å². The summed E-state index contributed by atoms with van der Waals surface area (Å²) in [6, 6.07) is 4.04. The molecule has 0 radical (unpaired) electrons. The van der Waals surface area contributed by atoms with Crippen LogP contribution in [0.2, 0.25) is 0 Å². The van der Waals surface area contributed by atoms with Gasteiger partial charge in [0.15, 0.2) is 0 Å². The van der Waals surface area contributed by atoms with Gasteiger partial charge in [-0.15, -0.1) is 0 Å². The maximum absolute atomic E-state index is 11.9. The van der Waals surface area contributed by atoms with Crippen LogP contribution < -0.4 is 5.32 Å². The van der Waals surface area contributed by atoms with Crippen molar-refractivity contribution >= 4 is 21.8 Å². The Balaban J connectivity index is 2.95. The van der Waals surface area contributed by atoms with Gasteiger partial charge in [0.05, 0.1) is 0 Å². The fourth-order valence-corrected chi connectivity index (χ4v) is 1.94. The highest BCUT2D eigenvalue weighted by Crippen LogP contribution is 2.16. The molecule has 0 saturated heterocycles. The Bertz CT molecular complexity index is 415. The number of hydrogen-bond donors (Lipinski definition) is 1. The predicted molar refractivity (Wildman–Crippen MR) is 71.1 cm³/mol. The minimum absolute atomic E-state index is 0.0457. The lowest BCUT2D eigenvalue weighted by Gasteiger charge is -2.11. The summed E-state index contributed by atoms with van der Waals surface area (Å²) < 4.78 is 0.767. The molecule has 1 N–H and O–H groups in total. The second kappa shape index (κ2) is 5.30. The Hall–Kier alpha value is -1.09. The van der Waals surface area contributed by atoms with Crippen molar-refractivity contribution in [2.24, 2.45) is 0 Å². The van der Waals surface area contributed by atoms with Crippen molar-refractivity contribution < 1.29 is 4.79 Å².